The topological polar surface area (TPSA) is 35.5 Å². The molecule has 0 aliphatic heterocycles. The lowest BCUT2D eigenvalue weighted by atomic mass is 10.0. The second-order valence-corrected chi connectivity index (χ2v) is 4.46. The molecule has 0 heterocycles. The van der Waals surface area contributed by atoms with Gasteiger partial charge >= 0.3 is 0 Å². The molecule has 0 aliphatic carbocycles. The van der Waals surface area contributed by atoms with E-state index in [0.29, 0.717) is 17.2 Å². The van der Waals surface area contributed by atoms with Crippen LogP contribution in [0.4, 0.5) is 0 Å². The van der Waals surface area contributed by atoms with Gasteiger partial charge in [0.25, 0.3) is 0 Å². The first kappa shape index (κ1) is 13.6. The molecule has 1 aromatic rings. The smallest absolute Gasteiger partial charge is 0.153 e. The van der Waals surface area contributed by atoms with Gasteiger partial charge in [0.05, 0.1) is 19.8 Å². The maximum Gasteiger partial charge on any atom is 0.153 e. The van der Waals surface area contributed by atoms with E-state index in [9.17, 15) is 4.79 Å². The molecule has 0 amide bonds. The normalized spacial score (nSPS) is 10.4. The van der Waals surface area contributed by atoms with Gasteiger partial charge < -0.3 is 9.47 Å². The molecule has 0 fully saturated rings. The van der Waals surface area contributed by atoms with Crippen LogP contribution in [-0.2, 0) is 6.42 Å². The monoisotopic (exact) mass is 236 g/mol. The van der Waals surface area contributed by atoms with Crippen LogP contribution in [0.2, 0.25) is 0 Å². The highest BCUT2D eigenvalue weighted by Crippen LogP contribution is 2.29. The summed E-state index contributed by atoms with van der Waals surface area (Å²) in [4.78, 5) is 10.9. The number of hydrogen-bond acceptors (Lipinski definition) is 3. The molecule has 3 nitrogen and oxygen atoms in total. The number of methoxy groups -OCH3 is 2. The Bertz CT molecular complexity index is 383. The standard InChI is InChI=1S/C14H20O3/c1-10(2)5-6-11-7-14(17-4)12(9-15)8-13(11)16-3/h7-10H,5-6H2,1-4H3. The van der Waals surface area contributed by atoms with Crippen molar-refractivity contribution in [2.75, 3.05) is 14.2 Å². The molecule has 94 valence electrons. The molecule has 0 saturated heterocycles. The molecule has 0 atom stereocenters. The minimum atomic E-state index is 0.526. The van der Waals surface area contributed by atoms with E-state index in [1.165, 1.54) is 0 Å². The first-order valence-corrected chi connectivity index (χ1v) is 5.82. The van der Waals surface area contributed by atoms with E-state index >= 15 is 0 Å². The zero-order valence-corrected chi connectivity index (χ0v) is 10.9. The minimum Gasteiger partial charge on any atom is -0.496 e. The lowest BCUT2D eigenvalue weighted by Crippen LogP contribution is -1.99. The fraction of sp³-hybridized carbons (Fsp3) is 0.500. The quantitative estimate of drug-likeness (QED) is 0.712. The summed E-state index contributed by atoms with van der Waals surface area (Å²) < 4.78 is 10.5. The molecule has 1 rings (SSSR count). The predicted octanol–water partition coefficient (Wildman–Crippen LogP) is 3.10. The van der Waals surface area contributed by atoms with Gasteiger partial charge in [0.2, 0.25) is 0 Å². The summed E-state index contributed by atoms with van der Waals surface area (Å²) in [6.45, 7) is 4.37. The third-order valence-corrected chi connectivity index (χ3v) is 2.75. The van der Waals surface area contributed by atoms with Crippen LogP contribution in [0.25, 0.3) is 0 Å². The number of aldehydes is 1. The largest absolute Gasteiger partial charge is 0.496 e. The number of carbonyl (C=O) groups excluding carboxylic acids is 1. The van der Waals surface area contributed by atoms with E-state index in [1.807, 2.05) is 6.07 Å². The van der Waals surface area contributed by atoms with E-state index in [0.717, 1.165) is 30.4 Å². The zero-order chi connectivity index (χ0) is 12.8. The molecule has 0 aromatic heterocycles. The number of aryl methyl sites for hydroxylation is 1. The maximum atomic E-state index is 10.9. The van der Waals surface area contributed by atoms with Gasteiger partial charge in [0.15, 0.2) is 6.29 Å². The summed E-state index contributed by atoms with van der Waals surface area (Å²) in [6.07, 6.45) is 2.80. The molecule has 3 heteroatoms. The molecule has 0 spiro atoms. The second-order valence-electron chi connectivity index (χ2n) is 4.46. The minimum absolute atomic E-state index is 0.526. The highest BCUT2D eigenvalue weighted by atomic mass is 16.5. The molecule has 0 saturated carbocycles. The summed E-state index contributed by atoms with van der Waals surface area (Å²) >= 11 is 0. The molecular formula is C14H20O3. The van der Waals surface area contributed by atoms with Crippen molar-refractivity contribution >= 4 is 6.29 Å². The molecule has 0 aliphatic rings. The van der Waals surface area contributed by atoms with Gasteiger partial charge in [-0.05, 0) is 36.5 Å². The summed E-state index contributed by atoms with van der Waals surface area (Å²) in [5, 5.41) is 0. The fourth-order valence-electron chi connectivity index (χ4n) is 1.72. The van der Waals surface area contributed by atoms with Crippen LogP contribution in [0.5, 0.6) is 11.5 Å². The van der Waals surface area contributed by atoms with Crippen molar-refractivity contribution < 1.29 is 14.3 Å². The Morgan fingerprint density at radius 2 is 1.82 bits per heavy atom. The van der Waals surface area contributed by atoms with E-state index in [2.05, 4.69) is 13.8 Å². The lowest BCUT2D eigenvalue weighted by molar-refractivity contribution is 0.112. The molecular weight excluding hydrogens is 216 g/mol. The zero-order valence-electron chi connectivity index (χ0n) is 10.9. The first-order chi connectivity index (χ1) is 8.12. The van der Waals surface area contributed by atoms with Crippen molar-refractivity contribution in [1.82, 2.24) is 0 Å². The van der Waals surface area contributed by atoms with Crippen molar-refractivity contribution in [3.05, 3.63) is 23.3 Å². The summed E-state index contributed by atoms with van der Waals surface area (Å²) in [6, 6.07) is 3.63. The van der Waals surface area contributed by atoms with Gasteiger partial charge in [0, 0.05) is 0 Å². The molecule has 0 radical (unpaired) electrons. The molecule has 1 aromatic carbocycles. The van der Waals surface area contributed by atoms with Crippen LogP contribution >= 0.6 is 0 Å². The van der Waals surface area contributed by atoms with Gasteiger partial charge in [-0.3, -0.25) is 4.79 Å². The number of benzene rings is 1. The van der Waals surface area contributed by atoms with Crippen molar-refractivity contribution in [2.45, 2.75) is 26.7 Å². The third kappa shape index (κ3) is 3.48. The average molecular weight is 236 g/mol. The number of rotatable bonds is 6. The molecule has 0 bridgehead atoms. The summed E-state index contributed by atoms with van der Waals surface area (Å²) in [5.41, 5.74) is 1.61. The number of carbonyl (C=O) groups is 1. The van der Waals surface area contributed by atoms with Crippen molar-refractivity contribution in [1.29, 1.82) is 0 Å². The Labute approximate surface area is 103 Å². The number of ether oxygens (including phenoxy) is 2. The molecule has 0 unspecified atom stereocenters. The van der Waals surface area contributed by atoms with Crippen LogP contribution < -0.4 is 9.47 Å². The Kier molecular flexibility index (Phi) is 5.01. The fourth-order valence-corrected chi connectivity index (χ4v) is 1.72. The Morgan fingerprint density at radius 3 is 2.29 bits per heavy atom. The van der Waals surface area contributed by atoms with Gasteiger partial charge in [0.1, 0.15) is 11.5 Å². The summed E-state index contributed by atoms with van der Waals surface area (Å²) in [7, 11) is 3.19. The van der Waals surface area contributed by atoms with Gasteiger partial charge in [-0.1, -0.05) is 13.8 Å². The second kappa shape index (κ2) is 6.28. The Hall–Kier alpha value is -1.51. The molecule has 17 heavy (non-hydrogen) atoms. The van der Waals surface area contributed by atoms with Crippen molar-refractivity contribution in [3.8, 4) is 11.5 Å². The third-order valence-electron chi connectivity index (χ3n) is 2.75. The highest BCUT2D eigenvalue weighted by Gasteiger charge is 2.11. The van der Waals surface area contributed by atoms with Gasteiger partial charge in [-0.15, -0.1) is 0 Å². The first-order valence-electron chi connectivity index (χ1n) is 5.82. The van der Waals surface area contributed by atoms with Crippen LogP contribution in [0.15, 0.2) is 12.1 Å². The predicted molar refractivity (Wildman–Crippen MR) is 68.1 cm³/mol. The van der Waals surface area contributed by atoms with Crippen LogP contribution in [0, 0.1) is 5.92 Å². The van der Waals surface area contributed by atoms with Crippen LogP contribution in [0.1, 0.15) is 36.2 Å². The Balaban J connectivity index is 3.05. The maximum absolute atomic E-state index is 10.9. The van der Waals surface area contributed by atoms with E-state index in [4.69, 9.17) is 9.47 Å². The Morgan fingerprint density at radius 1 is 1.18 bits per heavy atom. The van der Waals surface area contributed by atoms with Crippen molar-refractivity contribution in [3.63, 3.8) is 0 Å². The van der Waals surface area contributed by atoms with Gasteiger partial charge in [-0.25, -0.2) is 0 Å². The van der Waals surface area contributed by atoms with E-state index < -0.39 is 0 Å². The average Bonchev–Trinajstić information content (AvgIpc) is 2.34. The van der Waals surface area contributed by atoms with E-state index in [1.54, 1.807) is 20.3 Å². The lowest BCUT2D eigenvalue weighted by Gasteiger charge is -2.13. The SMILES string of the molecule is COc1cc(CCC(C)C)c(OC)cc1C=O. The summed E-state index contributed by atoms with van der Waals surface area (Å²) in [5.74, 6) is 2.00. The molecule has 0 N–H and O–H groups in total. The highest BCUT2D eigenvalue weighted by molar-refractivity contribution is 5.80. The van der Waals surface area contributed by atoms with E-state index in [-0.39, 0.29) is 0 Å². The van der Waals surface area contributed by atoms with Crippen molar-refractivity contribution in [2.24, 2.45) is 5.92 Å². The number of hydrogen-bond donors (Lipinski definition) is 0. The van der Waals surface area contributed by atoms with Crippen LogP contribution in [-0.4, -0.2) is 20.5 Å². The van der Waals surface area contributed by atoms with Crippen LogP contribution in [0.3, 0.4) is 0 Å². The van der Waals surface area contributed by atoms with Gasteiger partial charge in [-0.2, -0.15) is 0 Å².